The molecule has 1 aliphatic rings. The maximum absolute atomic E-state index is 12.2. The molecule has 148 valence electrons. The molecule has 1 heterocycles. The Balaban J connectivity index is 1.56. The summed E-state index contributed by atoms with van der Waals surface area (Å²) in [6.45, 7) is 1.83. The molecule has 2 aromatic rings. The minimum Gasteiger partial charge on any atom is -0.355 e. The van der Waals surface area contributed by atoms with E-state index in [4.69, 9.17) is 0 Å². The van der Waals surface area contributed by atoms with Crippen LogP contribution < -0.4 is 15.5 Å². The largest absolute Gasteiger partial charge is 0.355 e. The molecule has 0 atom stereocenters. The van der Waals surface area contributed by atoms with E-state index in [1.54, 1.807) is 36.2 Å². The van der Waals surface area contributed by atoms with Crippen molar-refractivity contribution in [3.05, 3.63) is 29.8 Å². The molecule has 1 aromatic heterocycles. The van der Waals surface area contributed by atoms with Crippen LogP contribution in [-0.4, -0.2) is 46.8 Å². The van der Waals surface area contributed by atoms with Gasteiger partial charge in [-0.1, -0.05) is 36.1 Å². The van der Waals surface area contributed by atoms with Gasteiger partial charge in [0.25, 0.3) is 5.91 Å². The van der Waals surface area contributed by atoms with Crippen LogP contribution >= 0.6 is 23.1 Å². The summed E-state index contributed by atoms with van der Waals surface area (Å²) in [5.41, 5.74) is 1.03. The summed E-state index contributed by atoms with van der Waals surface area (Å²) >= 11 is 2.59. The SMILES string of the molecule is CCC(=O)N(c1nnc(SCC(=O)Nc2cccc(C(=O)NC)c2)s1)C1CC1. The molecule has 2 N–H and O–H groups in total. The first-order chi connectivity index (χ1) is 13.5. The van der Waals surface area contributed by atoms with Gasteiger partial charge in [-0.3, -0.25) is 19.3 Å². The number of rotatable bonds is 8. The maximum atomic E-state index is 12.2. The number of hydrogen-bond acceptors (Lipinski definition) is 7. The van der Waals surface area contributed by atoms with Gasteiger partial charge in [-0.2, -0.15) is 0 Å². The lowest BCUT2D eigenvalue weighted by molar-refractivity contribution is -0.118. The molecule has 28 heavy (non-hydrogen) atoms. The van der Waals surface area contributed by atoms with Gasteiger partial charge in [-0.25, -0.2) is 0 Å². The van der Waals surface area contributed by atoms with E-state index >= 15 is 0 Å². The lowest BCUT2D eigenvalue weighted by Crippen LogP contribution is -2.32. The second-order valence-corrected chi connectivity index (χ2v) is 8.37. The number of benzene rings is 1. The fraction of sp³-hybridized carbons (Fsp3) is 0.389. The average Bonchev–Trinajstić information content (AvgIpc) is 3.43. The van der Waals surface area contributed by atoms with Crippen molar-refractivity contribution >= 4 is 51.6 Å². The van der Waals surface area contributed by atoms with E-state index < -0.39 is 0 Å². The average molecular weight is 420 g/mol. The summed E-state index contributed by atoms with van der Waals surface area (Å²) in [6, 6.07) is 6.96. The third-order valence-electron chi connectivity index (χ3n) is 4.05. The molecule has 1 fully saturated rings. The Kier molecular flexibility index (Phi) is 6.63. The Morgan fingerprint density at radius 2 is 2.07 bits per heavy atom. The molecule has 1 aliphatic carbocycles. The van der Waals surface area contributed by atoms with Crippen molar-refractivity contribution in [1.82, 2.24) is 15.5 Å². The molecule has 3 rings (SSSR count). The highest BCUT2D eigenvalue weighted by Crippen LogP contribution is 2.36. The van der Waals surface area contributed by atoms with Crippen LogP contribution in [0.2, 0.25) is 0 Å². The zero-order chi connectivity index (χ0) is 20.1. The van der Waals surface area contributed by atoms with Crippen LogP contribution in [0, 0.1) is 0 Å². The number of hydrogen-bond donors (Lipinski definition) is 2. The third kappa shape index (κ3) is 5.08. The second-order valence-electron chi connectivity index (χ2n) is 6.20. The van der Waals surface area contributed by atoms with Crippen LogP contribution in [0.5, 0.6) is 0 Å². The number of carbonyl (C=O) groups excluding carboxylic acids is 3. The van der Waals surface area contributed by atoms with Gasteiger partial charge in [0.05, 0.1) is 5.75 Å². The quantitative estimate of drug-likeness (QED) is 0.503. The molecule has 8 nitrogen and oxygen atoms in total. The lowest BCUT2D eigenvalue weighted by atomic mass is 10.2. The van der Waals surface area contributed by atoms with E-state index in [0.29, 0.717) is 27.1 Å². The maximum Gasteiger partial charge on any atom is 0.251 e. The first-order valence-electron chi connectivity index (χ1n) is 8.92. The van der Waals surface area contributed by atoms with Gasteiger partial charge in [-0.15, -0.1) is 10.2 Å². The Bertz CT molecular complexity index is 882. The summed E-state index contributed by atoms with van der Waals surface area (Å²) in [5.74, 6) is -0.221. The van der Waals surface area contributed by atoms with Crippen molar-refractivity contribution < 1.29 is 14.4 Å². The molecule has 3 amide bonds. The number of nitrogens with one attached hydrogen (secondary N) is 2. The predicted octanol–water partition coefficient (Wildman–Crippen LogP) is 2.53. The minimum absolute atomic E-state index is 0.0453. The Hall–Kier alpha value is -2.46. The van der Waals surface area contributed by atoms with Gasteiger partial charge in [0, 0.05) is 30.8 Å². The van der Waals surface area contributed by atoms with Gasteiger partial charge in [0.15, 0.2) is 4.34 Å². The van der Waals surface area contributed by atoms with Gasteiger partial charge in [0.2, 0.25) is 16.9 Å². The molecule has 0 saturated heterocycles. The minimum atomic E-state index is -0.214. The highest BCUT2D eigenvalue weighted by Gasteiger charge is 2.35. The van der Waals surface area contributed by atoms with Gasteiger partial charge < -0.3 is 10.6 Å². The summed E-state index contributed by atoms with van der Waals surface area (Å²) in [6.07, 6.45) is 2.41. The van der Waals surface area contributed by atoms with E-state index in [9.17, 15) is 14.4 Å². The van der Waals surface area contributed by atoms with E-state index in [0.717, 1.165) is 12.8 Å². The third-order valence-corrected chi connectivity index (χ3v) is 6.10. The van der Waals surface area contributed by atoms with Crippen LogP contribution in [0.1, 0.15) is 36.5 Å². The molecule has 0 radical (unpaired) electrons. The Morgan fingerprint density at radius 3 is 2.75 bits per heavy atom. The van der Waals surface area contributed by atoms with Crippen LogP contribution in [0.3, 0.4) is 0 Å². The zero-order valence-electron chi connectivity index (χ0n) is 15.6. The van der Waals surface area contributed by atoms with E-state index in [1.165, 1.54) is 23.1 Å². The molecule has 0 spiro atoms. The molecule has 0 aliphatic heterocycles. The molecule has 0 bridgehead atoms. The fourth-order valence-electron chi connectivity index (χ4n) is 2.53. The standard InChI is InChI=1S/C18H21N5O3S2/c1-3-15(25)23(13-7-8-13)17-21-22-18(28-17)27-10-14(24)20-12-6-4-5-11(9-12)16(26)19-2/h4-6,9,13H,3,7-8,10H2,1-2H3,(H,19,26)(H,20,24). The van der Waals surface area contributed by atoms with E-state index in [1.807, 2.05) is 6.92 Å². The van der Waals surface area contributed by atoms with Gasteiger partial charge >= 0.3 is 0 Å². The van der Waals surface area contributed by atoms with Crippen molar-refractivity contribution in [2.45, 2.75) is 36.6 Å². The zero-order valence-corrected chi connectivity index (χ0v) is 17.2. The molecule has 0 unspecified atom stereocenters. The summed E-state index contributed by atoms with van der Waals surface area (Å²) < 4.78 is 0.638. The number of anilines is 2. The first kappa shape index (κ1) is 20.3. The Morgan fingerprint density at radius 1 is 1.29 bits per heavy atom. The highest BCUT2D eigenvalue weighted by atomic mass is 32.2. The van der Waals surface area contributed by atoms with Gasteiger partial charge in [-0.05, 0) is 31.0 Å². The van der Waals surface area contributed by atoms with Crippen LogP contribution in [0.4, 0.5) is 10.8 Å². The normalized spacial score (nSPS) is 13.1. The van der Waals surface area contributed by atoms with Crippen LogP contribution in [-0.2, 0) is 9.59 Å². The van der Waals surface area contributed by atoms with Crippen molar-refractivity contribution in [2.75, 3.05) is 23.0 Å². The number of amides is 3. The van der Waals surface area contributed by atoms with E-state index in [-0.39, 0.29) is 29.5 Å². The molecule has 10 heteroatoms. The predicted molar refractivity (Wildman–Crippen MR) is 110 cm³/mol. The number of aromatic nitrogens is 2. The summed E-state index contributed by atoms with van der Waals surface area (Å²) in [5, 5.41) is 14.1. The van der Waals surface area contributed by atoms with Crippen molar-refractivity contribution in [3.63, 3.8) is 0 Å². The molecular weight excluding hydrogens is 398 g/mol. The van der Waals surface area contributed by atoms with Crippen molar-refractivity contribution in [3.8, 4) is 0 Å². The highest BCUT2D eigenvalue weighted by molar-refractivity contribution is 8.01. The van der Waals surface area contributed by atoms with Gasteiger partial charge in [0.1, 0.15) is 0 Å². The number of carbonyl (C=O) groups is 3. The first-order valence-corrected chi connectivity index (χ1v) is 10.7. The fourth-order valence-corrected chi connectivity index (χ4v) is 4.26. The molecule has 1 aromatic carbocycles. The van der Waals surface area contributed by atoms with E-state index in [2.05, 4.69) is 20.8 Å². The second kappa shape index (κ2) is 9.16. The Labute approximate surface area is 171 Å². The van der Waals surface area contributed by atoms with Crippen molar-refractivity contribution in [2.24, 2.45) is 0 Å². The monoisotopic (exact) mass is 419 g/mol. The molecular formula is C18H21N5O3S2. The summed E-state index contributed by atoms with van der Waals surface area (Å²) in [7, 11) is 1.55. The van der Waals surface area contributed by atoms with Crippen LogP contribution in [0.25, 0.3) is 0 Å². The summed E-state index contributed by atoms with van der Waals surface area (Å²) in [4.78, 5) is 37.7. The lowest BCUT2D eigenvalue weighted by Gasteiger charge is -2.17. The number of nitrogens with zero attached hydrogens (tertiary/aromatic N) is 3. The number of thioether (sulfide) groups is 1. The van der Waals surface area contributed by atoms with Crippen LogP contribution in [0.15, 0.2) is 28.6 Å². The topological polar surface area (TPSA) is 104 Å². The smallest absolute Gasteiger partial charge is 0.251 e. The molecule has 1 saturated carbocycles. The van der Waals surface area contributed by atoms with Crippen molar-refractivity contribution in [1.29, 1.82) is 0 Å².